The van der Waals surface area contributed by atoms with Gasteiger partial charge in [-0.15, -0.1) is 20.5 Å². The van der Waals surface area contributed by atoms with Crippen molar-refractivity contribution in [3.05, 3.63) is 198 Å². The van der Waals surface area contributed by atoms with Gasteiger partial charge >= 0.3 is 22.5 Å². The van der Waals surface area contributed by atoms with Crippen molar-refractivity contribution < 1.29 is 83.8 Å². The number of aliphatic imine (C=N–C) groups is 3. The number of carbonyl (C=O) groups excluding carboxylic acids is 1. The maximum atomic E-state index is 9.82. The molecule has 0 radical (unpaired) electrons. The molecule has 68 heavy (non-hydrogen) atoms. The van der Waals surface area contributed by atoms with Crippen molar-refractivity contribution in [3.8, 4) is 6.07 Å². The third-order valence-corrected chi connectivity index (χ3v) is 7.55. The van der Waals surface area contributed by atoms with Crippen LogP contribution >= 0.6 is 0 Å². The number of hydrogen-bond acceptors (Lipinski definition) is 17. The fourth-order valence-corrected chi connectivity index (χ4v) is 4.58. The van der Waals surface area contributed by atoms with Crippen LogP contribution in [0.2, 0.25) is 0 Å². The average molecular weight is 1020 g/mol. The van der Waals surface area contributed by atoms with Gasteiger partial charge in [0, 0.05) is 51.1 Å². The van der Waals surface area contributed by atoms with Gasteiger partial charge in [0.25, 0.3) is 0 Å². The summed E-state index contributed by atoms with van der Waals surface area (Å²) in [5.74, 6) is -0.211. The summed E-state index contributed by atoms with van der Waals surface area (Å²) in [6.07, 6.45) is 10.8. The Labute approximate surface area is 412 Å². The van der Waals surface area contributed by atoms with E-state index in [1.54, 1.807) is 31.6 Å². The molecule has 0 aliphatic heterocycles. The van der Waals surface area contributed by atoms with E-state index in [0.717, 1.165) is 17.1 Å². The van der Waals surface area contributed by atoms with Crippen molar-refractivity contribution in [3.63, 3.8) is 0 Å². The zero-order valence-corrected chi connectivity index (χ0v) is 40.5. The van der Waals surface area contributed by atoms with E-state index in [9.17, 15) is 4.79 Å². The summed E-state index contributed by atoms with van der Waals surface area (Å²) < 4.78 is 72.3. The van der Waals surface area contributed by atoms with E-state index in [-0.39, 0.29) is 40.6 Å². The number of nitriles is 1. The van der Waals surface area contributed by atoms with Gasteiger partial charge < -0.3 is 4.74 Å². The molecular weight excluding hydrogens is 964 g/mol. The van der Waals surface area contributed by atoms with Crippen LogP contribution in [0.5, 0.6) is 0 Å². The molecule has 0 amide bonds. The first kappa shape index (κ1) is 63.9. The van der Waals surface area contributed by atoms with Gasteiger partial charge in [-0.2, -0.15) is 5.26 Å². The zero-order chi connectivity index (χ0) is 50.4. The normalized spacial score (nSPS) is 11.6. The molecule has 3 aromatic carbocycles. The van der Waals surface area contributed by atoms with E-state index in [1.165, 1.54) is 30.5 Å². The number of nitrogens with zero attached hydrogens (tertiary/aromatic N) is 7. The number of benzene rings is 3. The van der Waals surface area contributed by atoms with Gasteiger partial charge in [-0.25, -0.2) is 37.3 Å². The third-order valence-electron chi connectivity index (χ3n) is 7.55. The standard InChI is InChI=1S/3C14H14N2.C4H8O2.C2H3N.2ClHO4.Ni/c3*1-12(13-7-3-2-4-8-13)16-11-14-9-5-6-10-15-14;1-3-6-4(2)5;1-2-3;2*2-1(3,4)5;/h3*2-12H,1H3;3H2,1-2H3;1H3;2*(H,2,3,4,5);/q;;;;;;;+2/p-2/t3*12-;;;;;/m000...../s1. The molecule has 364 valence electrons. The predicted octanol–water partition coefficient (Wildman–Crippen LogP) is 1.37. The Morgan fingerprint density at radius 1 is 0.544 bits per heavy atom. The summed E-state index contributed by atoms with van der Waals surface area (Å²) >= 11 is 0. The smallest absolute Gasteiger partial charge is 0.466 e. The number of halogens is 2. The molecule has 3 heterocycles. The van der Waals surface area contributed by atoms with E-state index in [2.05, 4.69) is 91.8 Å². The molecule has 0 fully saturated rings. The minimum Gasteiger partial charge on any atom is -0.466 e. The van der Waals surface area contributed by atoms with Crippen LogP contribution in [0, 0.1) is 31.8 Å². The number of aromatic nitrogens is 3. The summed E-state index contributed by atoms with van der Waals surface area (Å²) in [5.41, 5.74) is 6.33. The fraction of sp³-hybridized carbons (Fsp3) is 0.208. The van der Waals surface area contributed by atoms with Gasteiger partial charge in [-0.1, -0.05) is 109 Å². The summed E-state index contributed by atoms with van der Waals surface area (Å²) in [6, 6.07) is 50.4. The topological polar surface area (TPSA) is 310 Å². The summed E-state index contributed by atoms with van der Waals surface area (Å²) in [7, 11) is -9.89. The molecule has 0 spiro atoms. The molecule has 0 N–H and O–H groups in total. The van der Waals surface area contributed by atoms with Crippen molar-refractivity contribution in [1.29, 1.82) is 5.26 Å². The van der Waals surface area contributed by atoms with Crippen LogP contribution in [-0.2, 0) is 26.0 Å². The molecule has 6 aromatic rings. The van der Waals surface area contributed by atoms with Crippen molar-refractivity contribution >= 4 is 24.6 Å². The number of pyridine rings is 3. The van der Waals surface area contributed by atoms with Crippen LogP contribution in [0.4, 0.5) is 0 Å². The van der Waals surface area contributed by atoms with Gasteiger partial charge in [-0.05, 0) is 80.8 Å². The Hall–Kier alpha value is -6.17. The van der Waals surface area contributed by atoms with E-state index in [4.69, 9.17) is 42.5 Å². The second-order valence-corrected chi connectivity index (χ2v) is 14.3. The van der Waals surface area contributed by atoms with Crippen molar-refractivity contribution in [2.45, 2.75) is 59.7 Å². The number of esters is 1. The van der Waals surface area contributed by atoms with Gasteiger partial charge in [-0.3, -0.25) is 34.7 Å². The van der Waals surface area contributed by atoms with Crippen LogP contribution in [0.15, 0.2) is 179 Å². The number of rotatable bonds is 10. The second kappa shape index (κ2) is 38.9. The van der Waals surface area contributed by atoms with Crippen LogP contribution in [-0.4, -0.2) is 46.2 Å². The monoisotopic (exact) mass is 1020 g/mol. The van der Waals surface area contributed by atoms with E-state index >= 15 is 0 Å². The molecule has 0 saturated carbocycles. The third kappa shape index (κ3) is 40.1. The van der Waals surface area contributed by atoms with E-state index in [1.807, 2.05) is 128 Å². The Morgan fingerprint density at radius 2 is 0.765 bits per heavy atom. The van der Waals surface area contributed by atoms with Crippen LogP contribution < -0.4 is 37.3 Å². The quantitative estimate of drug-likeness (QED) is 0.106. The second-order valence-electron chi connectivity index (χ2n) is 12.8. The molecule has 0 saturated heterocycles. The molecule has 3 aromatic heterocycles. The Balaban J connectivity index is 0. The van der Waals surface area contributed by atoms with Crippen molar-refractivity contribution in [2.75, 3.05) is 6.61 Å². The minimum atomic E-state index is -4.94. The first-order valence-electron chi connectivity index (χ1n) is 19.9. The molecule has 0 aliphatic carbocycles. The number of carbonyl (C=O) groups is 1. The van der Waals surface area contributed by atoms with Crippen molar-refractivity contribution in [1.82, 2.24) is 15.0 Å². The predicted molar refractivity (Wildman–Crippen MR) is 234 cm³/mol. The van der Waals surface area contributed by atoms with Crippen molar-refractivity contribution in [2.24, 2.45) is 15.0 Å². The summed E-state index contributed by atoms with van der Waals surface area (Å²) in [6.45, 7) is 11.3. The van der Waals surface area contributed by atoms with Crippen LogP contribution in [0.1, 0.15) is 93.4 Å². The zero-order valence-electron chi connectivity index (χ0n) is 38.0. The van der Waals surface area contributed by atoms with Gasteiger partial charge in [0.15, 0.2) is 0 Å². The first-order valence-corrected chi connectivity index (χ1v) is 22.4. The molecule has 3 atom stereocenters. The van der Waals surface area contributed by atoms with E-state index in [0.29, 0.717) is 6.61 Å². The van der Waals surface area contributed by atoms with Crippen LogP contribution in [0.3, 0.4) is 0 Å². The SMILES string of the molecule is CC#N.CCOC(C)=O.C[C@H](N=Cc1ccccn1)c1ccccc1.C[C@H](N=Cc1ccccn1)c1ccccc1.C[C@H](N=Cc1ccccn1)c1ccccc1.[Ni+2].[O-][Cl+3]([O-])([O-])[O-].[O-][Cl+3]([O-])([O-])[O-]. The van der Waals surface area contributed by atoms with Gasteiger partial charge in [0.05, 0.1) is 47.9 Å². The maximum Gasteiger partial charge on any atom is 2.00 e. The number of hydrogen-bond donors (Lipinski definition) is 0. The molecule has 0 unspecified atom stereocenters. The maximum absolute atomic E-state index is 9.82. The summed E-state index contributed by atoms with van der Waals surface area (Å²) in [5, 5.41) is 7.32. The summed E-state index contributed by atoms with van der Waals surface area (Å²) in [4.78, 5) is 35.8. The molecular formula is C48H53Cl2N7NiO10. The Morgan fingerprint density at radius 3 is 0.926 bits per heavy atom. The minimum absolute atomic E-state index is 0. The first-order chi connectivity index (χ1) is 31.8. The molecule has 0 bridgehead atoms. The number of ether oxygens (including phenoxy) is 1. The molecule has 20 heteroatoms. The molecule has 6 rings (SSSR count). The Bertz CT molecular complexity index is 2020. The van der Waals surface area contributed by atoms with E-state index < -0.39 is 20.5 Å². The fourth-order valence-electron chi connectivity index (χ4n) is 4.58. The average Bonchev–Trinajstić information content (AvgIpc) is 3.31. The van der Waals surface area contributed by atoms with Gasteiger partial charge in [0.1, 0.15) is 0 Å². The van der Waals surface area contributed by atoms with Crippen LogP contribution in [0.25, 0.3) is 0 Å². The Kier molecular flexibility index (Phi) is 36.6. The van der Waals surface area contributed by atoms with Gasteiger partial charge in [0.2, 0.25) is 0 Å². The molecule has 0 aliphatic rings. The molecule has 17 nitrogen and oxygen atoms in total. The largest absolute Gasteiger partial charge is 2.00 e.